The lowest BCUT2D eigenvalue weighted by atomic mass is 9.99. The van der Waals surface area contributed by atoms with Crippen LogP contribution in [0.15, 0.2) is 30.3 Å². The highest BCUT2D eigenvalue weighted by molar-refractivity contribution is 5.88. The highest BCUT2D eigenvalue weighted by atomic mass is 19.1. The molecule has 0 aliphatic carbocycles. The summed E-state index contributed by atoms with van der Waals surface area (Å²) in [6.07, 6.45) is 4.37. The number of carbonyl (C=O) groups excluding carboxylic acids is 1. The van der Waals surface area contributed by atoms with Crippen LogP contribution in [0.1, 0.15) is 33.5 Å². The second kappa shape index (κ2) is 6.76. The SMILES string of the molecule is O=Cc1cc(/C=C/c2ccc3c(c2)CCCN3C(=O)O)cc(F)c1O. The largest absolute Gasteiger partial charge is 0.504 e. The molecule has 0 saturated heterocycles. The number of phenolic OH excluding ortho intramolecular Hbond substituents is 1. The number of aromatic hydroxyl groups is 1. The van der Waals surface area contributed by atoms with E-state index >= 15 is 0 Å². The Morgan fingerprint density at radius 3 is 2.64 bits per heavy atom. The maximum absolute atomic E-state index is 13.6. The first-order valence-electron chi connectivity index (χ1n) is 7.79. The second-order valence-corrected chi connectivity index (χ2v) is 5.82. The summed E-state index contributed by atoms with van der Waals surface area (Å²) < 4.78 is 13.6. The Kier molecular flexibility index (Phi) is 4.52. The van der Waals surface area contributed by atoms with Gasteiger partial charge in [0, 0.05) is 6.54 Å². The van der Waals surface area contributed by atoms with Gasteiger partial charge in [0.1, 0.15) is 0 Å². The van der Waals surface area contributed by atoms with Crippen LogP contribution in [0.25, 0.3) is 12.2 Å². The van der Waals surface area contributed by atoms with Gasteiger partial charge in [-0.25, -0.2) is 9.18 Å². The Morgan fingerprint density at radius 2 is 1.92 bits per heavy atom. The Morgan fingerprint density at radius 1 is 1.16 bits per heavy atom. The molecule has 1 aliphatic rings. The average molecular weight is 341 g/mol. The summed E-state index contributed by atoms with van der Waals surface area (Å²) in [5, 5.41) is 18.7. The molecule has 1 amide bonds. The quantitative estimate of drug-likeness (QED) is 0.655. The molecule has 3 rings (SSSR count). The van der Waals surface area contributed by atoms with Gasteiger partial charge in [-0.15, -0.1) is 0 Å². The minimum atomic E-state index is -0.967. The number of phenols is 1. The Balaban J connectivity index is 1.89. The molecule has 2 N–H and O–H groups in total. The molecule has 0 atom stereocenters. The molecule has 0 saturated carbocycles. The normalized spacial score (nSPS) is 13.7. The fraction of sp³-hybridized carbons (Fsp3) is 0.158. The van der Waals surface area contributed by atoms with E-state index in [0.717, 1.165) is 30.0 Å². The standard InChI is InChI=1S/C19H16FNO4/c20-16-10-13(9-15(11-22)18(16)23)4-3-12-5-6-17-14(8-12)2-1-7-21(17)19(24)25/h3-6,8-11,23H,1-2,7H2,(H,24,25)/b4-3+. The fourth-order valence-corrected chi connectivity index (χ4v) is 2.94. The molecule has 6 heteroatoms. The Hall–Kier alpha value is -3.15. The van der Waals surface area contributed by atoms with E-state index in [1.165, 1.54) is 11.0 Å². The number of carbonyl (C=O) groups is 2. The van der Waals surface area contributed by atoms with Gasteiger partial charge >= 0.3 is 6.09 Å². The molecule has 25 heavy (non-hydrogen) atoms. The number of nitrogens with zero attached hydrogens (tertiary/aromatic N) is 1. The van der Waals surface area contributed by atoms with Gasteiger partial charge in [-0.05, 0) is 53.8 Å². The lowest BCUT2D eigenvalue weighted by Gasteiger charge is -2.27. The van der Waals surface area contributed by atoms with Gasteiger partial charge < -0.3 is 10.2 Å². The van der Waals surface area contributed by atoms with E-state index in [4.69, 9.17) is 0 Å². The predicted octanol–water partition coefficient (Wildman–Crippen LogP) is 3.94. The van der Waals surface area contributed by atoms with Crippen LogP contribution in [0, 0.1) is 5.82 Å². The van der Waals surface area contributed by atoms with E-state index < -0.39 is 17.7 Å². The van der Waals surface area contributed by atoms with E-state index in [9.17, 15) is 24.2 Å². The third-order valence-corrected chi connectivity index (χ3v) is 4.16. The number of aldehydes is 1. The molecule has 1 heterocycles. The lowest BCUT2D eigenvalue weighted by molar-refractivity contribution is 0.112. The average Bonchev–Trinajstić information content (AvgIpc) is 2.61. The number of benzene rings is 2. The smallest absolute Gasteiger partial charge is 0.411 e. The maximum Gasteiger partial charge on any atom is 0.411 e. The fourth-order valence-electron chi connectivity index (χ4n) is 2.94. The number of anilines is 1. The first-order valence-corrected chi connectivity index (χ1v) is 7.79. The highest BCUT2D eigenvalue weighted by Crippen LogP contribution is 2.29. The molecule has 0 unspecified atom stereocenters. The van der Waals surface area contributed by atoms with E-state index in [2.05, 4.69) is 0 Å². The van der Waals surface area contributed by atoms with E-state index in [-0.39, 0.29) is 5.56 Å². The molecule has 0 bridgehead atoms. The molecule has 5 nitrogen and oxygen atoms in total. The molecule has 128 valence electrons. The maximum atomic E-state index is 13.6. The molecular weight excluding hydrogens is 325 g/mol. The lowest BCUT2D eigenvalue weighted by Crippen LogP contribution is -2.34. The van der Waals surface area contributed by atoms with E-state index in [1.54, 1.807) is 24.3 Å². The van der Waals surface area contributed by atoms with Gasteiger partial charge in [-0.2, -0.15) is 0 Å². The summed E-state index contributed by atoms with van der Waals surface area (Å²) >= 11 is 0. The molecule has 2 aromatic rings. The van der Waals surface area contributed by atoms with Crippen LogP contribution in [-0.4, -0.2) is 29.1 Å². The topological polar surface area (TPSA) is 77.8 Å². The third-order valence-electron chi connectivity index (χ3n) is 4.16. The van der Waals surface area contributed by atoms with Crippen LogP contribution in [0.3, 0.4) is 0 Å². The van der Waals surface area contributed by atoms with E-state index in [1.807, 2.05) is 6.07 Å². The van der Waals surface area contributed by atoms with Crippen LogP contribution in [-0.2, 0) is 6.42 Å². The summed E-state index contributed by atoms with van der Waals surface area (Å²) in [6.45, 7) is 0.485. The summed E-state index contributed by atoms with van der Waals surface area (Å²) in [6, 6.07) is 7.98. The number of carboxylic acid groups (broad SMARTS) is 1. The monoisotopic (exact) mass is 341 g/mol. The molecule has 0 fully saturated rings. The molecule has 1 aliphatic heterocycles. The van der Waals surface area contributed by atoms with Crippen LogP contribution >= 0.6 is 0 Å². The number of halogens is 1. The molecule has 0 radical (unpaired) electrons. The van der Waals surface area contributed by atoms with Crippen molar-refractivity contribution in [2.75, 3.05) is 11.4 Å². The zero-order valence-corrected chi connectivity index (χ0v) is 13.3. The van der Waals surface area contributed by atoms with Crippen molar-refractivity contribution in [1.82, 2.24) is 0 Å². The van der Waals surface area contributed by atoms with Crippen LogP contribution in [0.2, 0.25) is 0 Å². The van der Waals surface area contributed by atoms with E-state index in [0.29, 0.717) is 24.1 Å². The molecular formula is C19H16FNO4. The van der Waals surface area contributed by atoms with Gasteiger partial charge in [0.25, 0.3) is 0 Å². The number of fused-ring (bicyclic) bond motifs is 1. The van der Waals surface area contributed by atoms with Crippen molar-refractivity contribution in [1.29, 1.82) is 0 Å². The van der Waals surface area contributed by atoms with Crippen molar-refractivity contribution < 1.29 is 24.2 Å². The number of hydrogen-bond donors (Lipinski definition) is 2. The summed E-state index contributed by atoms with van der Waals surface area (Å²) in [5.74, 6) is -1.51. The minimum absolute atomic E-state index is 0.109. The first-order chi connectivity index (χ1) is 12.0. The van der Waals surface area contributed by atoms with Crippen molar-refractivity contribution >= 4 is 30.2 Å². The van der Waals surface area contributed by atoms with Gasteiger partial charge in [-0.3, -0.25) is 9.69 Å². The summed E-state index contributed by atoms with van der Waals surface area (Å²) in [5.41, 5.74) is 2.81. The third kappa shape index (κ3) is 3.38. The van der Waals surface area contributed by atoms with Crippen LogP contribution in [0.5, 0.6) is 5.75 Å². The van der Waals surface area contributed by atoms with Gasteiger partial charge in [0.15, 0.2) is 17.9 Å². The predicted molar refractivity (Wildman–Crippen MR) is 92.5 cm³/mol. The van der Waals surface area contributed by atoms with Crippen molar-refractivity contribution in [2.24, 2.45) is 0 Å². The Labute approximate surface area is 143 Å². The number of aryl methyl sites for hydroxylation is 1. The number of rotatable bonds is 3. The minimum Gasteiger partial charge on any atom is -0.504 e. The van der Waals surface area contributed by atoms with Gasteiger partial charge in [-0.1, -0.05) is 18.2 Å². The van der Waals surface area contributed by atoms with Crippen LogP contribution < -0.4 is 4.90 Å². The van der Waals surface area contributed by atoms with Crippen molar-refractivity contribution in [3.05, 3.63) is 58.4 Å². The molecule has 0 aromatic heterocycles. The number of amides is 1. The Bertz CT molecular complexity index is 876. The number of hydrogen-bond acceptors (Lipinski definition) is 3. The second-order valence-electron chi connectivity index (χ2n) is 5.82. The zero-order valence-electron chi connectivity index (χ0n) is 13.3. The summed E-state index contributed by atoms with van der Waals surface area (Å²) in [7, 11) is 0. The zero-order chi connectivity index (χ0) is 18.0. The van der Waals surface area contributed by atoms with Crippen molar-refractivity contribution in [2.45, 2.75) is 12.8 Å². The van der Waals surface area contributed by atoms with Crippen LogP contribution in [0.4, 0.5) is 14.9 Å². The highest BCUT2D eigenvalue weighted by Gasteiger charge is 2.21. The van der Waals surface area contributed by atoms with Gasteiger partial charge in [0.05, 0.1) is 11.3 Å². The summed E-state index contributed by atoms with van der Waals surface area (Å²) in [4.78, 5) is 23.4. The van der Waals surface area contributed by atoms with Gasteiger partial charge in [0.2, 0.25) is 0 Å². The first kappa shape index (κ1) is 16.7. The molecule has 2 aromatic carbocycles. The van der Waals surface area contributed by atoms with Crippen molar-refractivity contribution in [3.63, 3.8) is 0 Å². The van der Waals surface area contributed by atoms with Crippen molar-refractivity contribution in [3.8, 4) is 5.75 Å². The molecule has 0 spiro atoms.